The van der Waals surface area contributed by atoms with Gasteiger partial charge in [-0.15, -0.1) is 12.4 Å². The highest BCUT2D eigenvalue weighted by Gasteiger charge is 2.29. The number of aryl methyl sites for hydroxylation is 1. The highest BCUT2D eigenvalue weighted by atomic mass is 35.5. The molecule has 1 atom stereocenters. The molecule has 7 heteroatoms. The van der Waals surface area contributed by atoms with E-state index in [0.29, 0.717) is 5.92 Å². The third-order valence-corrected chi connectivity index (χ3v) is 4.97. The maximum Gasteiger partial charge on any atom is 0.244 e. The Morgan fingerprint density at radius 2 is 2.08 bits per heavy atom. The molecule has 3 rings (SSSR count). The predicted octanol–water partition coefficient (Wildman–Crippen LogP) is 2.52. The molecule has 1 fully saturated rings. The maximum absolute atomic E-state index is 12.9. The summed E-state index contributed by atoms with van der Waals surface area (Å²) in [7, 11) is 5.37. The number of ether oxygens (including phenoxy) is 1. The number of halogens is 1. The lowest BCUT2D eigenvalue weighted by Crippen LogP contribution is -2.43. The Hall–Kier alpha value is -2.05. The highest BCUT2D eigenvalue weighted by molar-refractivity contribution is 5.85. The van der Waals surface area contributed by atoms with Gasteiger partial charge in [-0.2, -0.15) is 5.10 Å². The van der Waals surface area contributed by atoms with Gasteiger partial charge in [-0.1, -0.05) is 12.1 Å². The normalized spacial score (nSPS) is 16.0. The number of likely N-dealkylation sites (tertiary alicyclic amines) is 1. The molecule has 1 amide bonds. The van der Waals surface area contributed by atoms with Crippen molar-refractivity contribution in [3.63, 3.8) is 0 Å². The standard InChI is InChI=1S/C19H26N4O2.ClH/c1-20-18(16-12-21-22(2)13-16)19(24)23-9-7-14(8-10-23)15-5-4-6-17(11-15)25-3;/h4-6,11-14,18,20H,7-10H2,1-3H3;1H. The first-order valence-corrected chi connectivity index (χ1v) is 8.71. The second-order valence-corrected chi connectivity index (χ2v) is 6.55. The summed E-state index contributed by atoms with van der Waals surface area (Å²) in [5.41, 5.74) is 2.20. The van der Waals surface area contributed by atoms with Gasteiger partial charge in [0.25, 0.3) is 0 Å². The van der Waals surface area contributed by atoms with Crippen molar-refractivity contribution in [3.8, 4) is 5.75 Å². The molecule has 6 nitrogen and oxygen atoms in total. The number of nitrogens with one attached hydrogen (secondary N) is 1. The maximum atomic E-state index is 12.9. The number of benzene rings is 1. The van der Waals surface area contributed by atoms with Crippen LogP contribution in [0.3, 0.4) is 0 Å². The van der Waals surface area contributed by atoms with Crippen LogP contribution in [-0.4, -0.2) is 47.8 Å². The molecule has 1 N–H and O–H groups in total. The van der Waals surface area contributed by atoms with Gasteiger partial charge in [-0.05, 0) is 43.5 Å². The third kappa shape index (κ3) is 4.37. The number of carbonyl (C=O) groups excluding carboxylic acids is 1. The number of rotatable bonds is 5. The minimum atomic E-state index is -0.331. The van der Waals surface area contributed by atoms with E-state index in [0.717, 1.165) is 37.2 Å². The average molecular weight is 379 g/mol. The van der Waals surface area contributed by atoms with Crippen molar-refractivity contribution >= 4 is 18.3 Å². The van der Waals surface area contributed by atoms with Gasteiger partial charge in [-0.25, -0.2) is 0 Å². The lowest BCUT2D eigenvalue weighted by molar-refractivity contribution is -0.134. The summed E-state index contributed by atoms with van der Waals surface area (Å²) >= 11 is 0. The Bertz CT molecular complexity index is 726. The largest absolute Gasteiger partial charge is 0.497 e. The minimum absolute atomic E-state index is 0. The molecule has 0 bridgehead atoms. The molecule has 142 valence electrons. The molecule has 1 aromatic heterocycles. The molecule has 0 radical (unpaired) electrons. The van der Waals surface area contributed by atoms with E-state index in [-0.39, 0.29) is 24.4 Å². The van der Waals surface area contributed by atoms with Crippen molar-refractivity contribution in [3.05, 3.63) is 47.8 Å². The number of amides is 1. The van der Waals surface area contributed by atoms with Crippen molar-refractivity contribution < 1.29 is 9.53 Å². The van der Waals surface area contributed by atoms with Crippen LogP contribution in [0.1, 0.15) is 35.9 Å². The van der Waals surface area contributed by atoms with Crippen molar-refractivity contribution in [2.45, 2.75) is 24.8 Å². The summed E-state index contributed by atoms with van der Waals surface area (Å²) in [6.07, 6.45) is 5.59. The number of piperidine rings is 1. The molecule has 1 aliphatic heterocycles. The molecule has 0 aliphatic carbocycles. The SMILES string of the molecule is CNC(C(=O)N1CCC(c2cccc(OC)c2)CC1)c1cnn(C)c1.Cl. The lowest BCUT2D eigenvalue weighted by atomic mass is 9.89. The molecule has 26 heavy (non-hydrogen) atoms. The Kier molecular flexibility index (Phi) is 7.06. The molecule has 1 unspecified atom stereocenters. The predicted molar refractivity (Wildman–Crippen MR) is 104 cm³/mol. The van der Waals surface area contributed by atoms with Crippen LogP contribution < -0.4 is 10.1 Å². The van der Waals surface area contributed by atoms with Crippen LogP contribution in [-0.2, 0) is 11.8 Å². The van der Waals surface area contributed by atoms with Crippen molar-refractivity contribution in [2.24, 2.45) is 7.05 Å². The van der Waals surface area contributed by atoms with E-state index >= 15 is 0 Å². The van der Waals surface area contributed by atoms with E-state index in [1.165, 1.54) is 5.56 Å². The van der Waals surface area contributed by atoms with Crippen LogP contribution in [0.5, 0.6) is 5.75 Å². The highest BCUT2D eigenvalue weighted by Crippen LogP contribution is 2.31. The van der Waals surface area contributed by atoms with Crippen LogP contribution in [0, 0.1) is 0 Å². The Labute approximate surface area is 160 Å². The number of hydrogen-bond donors (Lipinski definition) is 1. The van der Waals surface area contributed by atoms with Crippen molar-refractivity contribution in [1.29, 1.82) is 0 Å². The van der Waals surface area contributed by atoms with Crippen LogP contribution in [0.4, 0.5) is 0 Å². The van der Waals surface area contributed by atoms with Crippen LogP contribution >= 0.6 is 12.4 Å². The van der Waals surface area contributed by atoms with Gasteiger partial charge >= 0.3 is 0 Å². The van der Waals surface area contributed by atoms with Gasteiger partial charge in [0.2, 0.25) is 5.91 Å². The molecule has 2 aromatic rings. The zero-order chi connectivity index (χ0) is 17.8. The monoisotopic (exact) mass is 378 g/mol. The van der Waals surface area contributed by atoms with Gasteiger partial charge in [0, 0.05) is 31.9 Å². The minimum Gasteiger partial charge on any atom is -0.497 e. The quantitative estimate of drug-likeness (QED) is 0.868. The molecule has 1 aliphatic rings. The van der Waals surface area contributed by atoms with Crippen LogP contribution in [0.2, 0.25) is 0 Å². The first-order chi connectivity index (χ1) is 12.1. The van der Waals surface area contributed by atoms with Crippen molar-refractivity contribution in [1.82, 2.24) is 20.0 Å². The molecule has 1 aromatic carbocycles. The van der Waals surface area contributed by atoms with E-state index in [4.69, 9.17) is 4.74 Å². The molecule has 1 saturated heterocycles. The number of carbonyl (C=O) groups is 1. The van der Waals surface area contributed by atoms with E-state index in [2.05, 4.69) is 22.5 Å². The fourth-order valence-corrected chi connectivity index (χ4v) is 3.53. The fourth-order valence-electron chi connectivity index (χ4n) is 3.53. The average Bonchev–Trinajstić information content (AvgIpc) is 3.08. The van der Waals surface area contributed by atoms with Gasteiger partial charge in [0.1, 0.15) is 11.8 Å². The summed E-state index contributed by atoms with van der Waals surface area (Å²) in [6, 6.07) is 7.92. The number of hydrogen-bond acceptors (Lipinski definition) is 4. The Morgan fingerprint density at radius 3 is 2.65 bits per heavy atom. The lowest BCUT2D eigenvalue weighted by Gasteiger charge is -2.34. The second kappa shape index (κ2) is 9.05. The number of methoxy groups -OCH3 is 1. The van der Waals surface area contributed by atoms with Gasteiger partial charge in [-0.3, -0.25) is 9.48 Å². The molecule has 2 heterocycles. The van der Waals surface area contributed by atoms with Crippen LogP contribution in [0.15, 0.2) is 36.7 Å². The zero-order valence-electron chi connectivity index (χ0n) is 15.5. The van der Waals surface area contributed by atoms with Gasteiger partial charge in [0.05, 0.1) is 13.3 Å². The number of likely N-dealkylation sites (N-methyl/N-ethyl adjacent to an activating group) is 1. The zero-order valence-corrected chi connectivity index (χ0v) is 16.3. The first kappa shape index (κ1) is 20.3. The molecule has 0 spiro atoms. The first-order valence-electron chi connectivity index (χ1n) is 8.71. The van der Waals surface area contributed by atoms with Crippen LogP contribution in [0.25, 0.3) is 0 Å². The third-order valence-electron chi connectivity index (χ3n) is 4.97. The van der Waals surface area contributed by atoms with E-state index in [9.17, 15) is 4.79 Å². The van der Waals surface area contributed by atoms with E-state index < -0.39 is 0 Å². The van der Waals surface area contributed by atoms with Gasteiger partial charge < -0.3 is 15.0 Å². The van der Waals surface area contributed by atoms with Gasteiger partial charge in [0.15, 0.2) is 0 Å². The summed E-state index contributed by atoms with van der Waals surface area (Å²) in [5.74, 6) is 1.49. The summed E-state index contributed by atoms with van der Waals surface area (Å²) < 4.78 is 7.05. The second-order valence-electron chi connectivity index (χ2n) is 6.55. The van der Waals surface area contributed by atoms with E-state index in [1.807, 2.05) is 37.3 Å². The number of aromatic nitrogens is 2. The molecular weight excluding hydrogens is 352 g/mol. The van der Waals surface area contributed by atoms with E-state index in [1.54, 1.807) is 18.0 Å². The Balaban J connectivity index is 0.00000243. The topological polar surface area (TPSA) is 59.4 Å². The fraction of sp³-hybridized carbons (Fsp3) is 0.474. The molecule has 0 saturated carbocycles. The summed E-state index contributed by atoms with van der Waals surface area (Å²) in [4.78, 5) is 14.9. The smallest absolute Gasteiger partial charge is 0.244 e. The van der Waals surface area contributed by atoms with Crippen molar-refractivity contribution in [2.75, 3.05) is 27.2 Å². The Morgan fingerprint density at radius 1 is 1.35 bits per heavy atom. The summed E-state index contributed by atoms with van der Waals surface area (Å²) in [6.45, 7) is 1.55. The summed E-state index contributed by atoms with van der Waals surface area (Å²) in [5, 5.41) is 7.30. The number of nitrogens with zero attached hydrogens (tertiary/aromatic N) is 3. The molecular formula is C19H27ClN4O2.